The standard InChI is InChI=1S/C20H28N4O5/c1-28-17-6-3-2-5-15(17)14-24-19(26)16(22-20(24)27)13-18(25)21-7-4-8-23-9-11-29-12-10-23/h2-3,5-6,16H,4,7-14H2,1H3,(H,21,25)(H,22,27)/t16-/m0/s1. The minimum atomic E-state index is -0.837. The summed E-state index contributed by atoms with van der Waals surface area (Å²) in [6.07, 6.45) is 0.765. The van der Waals surface area contributed by atoms with Crippen molar-refractivity contribution in [2.24, 2.45) is 0 Å². The van der Waals surface area contributed by atoms with Gasteiger partial charge in [0.05, 0.1) is 33.3 Å². The molecule has 1 aromatic rings. The number of rotatable bonds is 9. The van der Waals surface area contributed by atoms with Crippen molar-refractivity contribution in [2.75, 3.05) is 46.5 Å². The smallest absolute Gasteiger partial charge is 0.325 e. The van der Waals surface area contributed by atoms with Crippen LogP contribution < -0.4 is 15.4 Å². The van der Waals surface area contributed by atoms with Crippen LogP contribution in [0.2, 0.25) is 0 Å². The van der Waals surface area contributed by atoms with E-state index in [1.165, 1.54) is 7.11 Å². The molecule has 0 aliphatic carbocycles. The van der Waals surface area contributed by atoms with E-state index >= 15 is 0 Å². The first-order chi connectivity index (χ1) is 14.1. The van der Waals surface area contributed by atoms with Crippen LogP contribution in [-0.2, 0) is 20.9 Å². The highest BCUT2D eigenvalue weighted by atomic mass is 16.5. The van der Waals surface area contributed by atoms with Crippen LogP contribution in [-0.4, -0.2) is 80.2 Å². The molecule has 0 unspecified atom stereocenters. The number of imide groups is 1. The highest BCUT2D eigenvalue weighted by molar-refractivity contribution is 6.05. The average Bonchev–Trinajstić information content (AvgIpc) is 2.99. The SMILES string of the molecule is COc1ccccc1CN1C(=O)N[C@@H](CC(=O)NCCCN2CCOCC2)C1=O. The van der Waals surface area contributed by atoms with Gasteiger partial charge in [-0.3, -0.25) is 19.4 Å². The summed E-state index contributed by atoms with van der Waals surface area (Å²) < 4.78 is 10.6. The van der Waals surface area contributed by atoms with Crippen LogP contribution in [0.4, 0.5) is 4.79 Å². The lowest BCUT2D eigenvalue weighted by atomic mass is 10.1. The van der Waals surface area contributed by atoms with Crippen LogP contribution in [0.15, 0.2) is 24.3 Å². The van der Waals surface area contributed by atoms with Gasteiger partial charge in [0.25, 0.3) is 5.91 Å². The number of morpholine rings is 1. The molecule has 3 rings (SSSR count). The van der Waals surface area contributed by atoms with E-state index in [4.69, 9.17) is 9.47 Å². The van der Waals surface area contributed by atoms with Crippen molar-refractivity contribution in [2.45, 2.75) is 25.4 Å². The van der Waals surface area contributed by atoms with E-state index in [-0.39, 0.29) is 18.9 Å². The second kappa shape index (κ2) is 10.2. The molecule has 2 fully saturated rings. The van der Waals surface area contributed by atoms with E-state index in [2.05, 4.69) is 15.5 Å². The lowest BCUT2D eigenvalue weighted by Gasteiger charge is -2.26. The van der Waals surface area contributed by atoms with Gasteiger partial charge in [-0.25, -0.2) is 4.79 Å². The molecule has 158 valence electrons. The van der Waals surface area contributed by atoms with Gasteiger partial charge in [0.15, 0.2) is 0 Å². The van der Waals surface area contributed by atoms with Gasteiger partial charge in [0.1, 0.15) is 11.8 Å². The zero-order chi connectivity index (χ0) is 20.6. The second-order valence-electron chi connectivity index (χ2n) is 7.10. The summed E-state index contributed by atoms with van der Waals surface area (Å²) in [6, 6.07) is 5.88. The number of amides is 4. The maximum atomic E-state index is 12.6. The summed E-state index contributed by atoms with van der Waals surface area (Å²) >= 11 is 0. The number of para-hydroxylation sites is 1. The molecule has 2 N–H and O–H groups in total. The number of urea groups is 1. The van der Waals surface area contributed by atoms with Gasteiger partial charge in [-0.2, -0.15) is 0 Å². The maximum Gasteiger partial charge on any atom is 0.325 e. The van der Waals surface area contributed by atoms with Crippen LogP contribution in [0.25, 0.3) is 0 Å². The van der Waals surface area contributed by atoms with Crippen LogP contribution in [0.5, 0.6) is 5.75 Å². The zero-order valence-electron chi connectivity index (χ0n) is 16.7. The molecule has 0 aromatic heterocycles. The molecule has 0 saturated carbocycles. The monoisotopic (exact) mass is 404 g/mol. The predicted molar refractivity (Wildman–Crippen MR) is 105 cm³/mol. The first-order valence-electron chi connectivity index (χ1n) is 9.89. The van der Waals surface area contributed by atoms with Crippen molar-refractivity contribution < 1.29 is 23.9 Å². The molecular weight excluding hydrogens is 376 g/mol. The second-order valence-corrected chi connectivity index (χ2v) is 7.10. The van der Waals surface area contributed by atoms with Crippen molar-refractivity contribution in [3.8, 4) is 5.75 Å². The average molecular weight is 404 g/mol. The highest BCUT2D eigenvalue weighted by Crippen LogP contribution is 2.21. The van der Waals surface area contributed by atoms with Gasteiger partial charge in [-0.05, 0) is 19.0 Å². The predicted octanol–water partition coefficient (Wildman–Crippen LogP) is 0.344. The Kier molecular flexibility index (Phi) is 7.42. The Morgan fingerprint density at radius 2 is 2.03 bits per heavy atom. The topological polar surface area (TPSA) is 100 Å². The van der Waals surface area contributed by atoms with Gasteiger partial charge in [-0.15, -0.1) is 0 Å². The molecular formula is C20H28N4O5. The Bertz CT molecular complexity index is 735. The summed E-state index contributed by atoms with van der Waals surface area (Å²) in [7, 11) is 1.54. The Balaban J connectivity index is 1.43. The highest BCUT2D eigenvalue weighted by Gasteiger charge is 2.39. The van der Waals surface area contributed by atoms with E-state index < -0.39 is 18.0 Å². The molecule has 2 heterocycles. The number of benzene rings is 1. The zero-order valence-corrected chi connectivity index (χ0v) is 16.7. The van der Waals surface area contributed by atoms with Crippen LogP contribution >= 0.6 is 0 Å². The summed E-state index contributed by atoms with van der Waals surface area (Å²) in [5.74, 6) is -0.0382. The Morgan fingerprint density at radius 3 is 2.79 bits per heavy atom. The number of ether oxygens (including phenoxy) is 2. The number of hydrogen-bond donors (Lipinski definition) is 2. The number of nitrogens with zero attached hydrogens (tertiary/aromatic N) is 2. The van der Waals surface area contributed by atoms with Gasteiger partial charge in [0, 0.05) is 25.2 Å². The fourth-order valence-corrected chi connectivity index (χ4v) is 3.48. The summed E-state index contributed by atoms with van der Waals surface area (Å²) in [4.78, 5) is 40.4. The fraction of sp³-hybridized carbons (Fsp3) is 0.550. The molecule has 0 spiro atoms. The first-order valence-corrected chi connectivity index (χ1v) is 9.89. The molecule has 1 atom stereocenters. The van der Waals surface area contributed by atoms with Crippen molar-refractivity contribution in [3.05, 3.63) is 29.8 Å². The van der Waals surface area contributed by atoms with Crippen molar-refractivity contribution in [3.63, 3.8) is 0 Å². The van der Waals surface area contributed by atoms with E-state index in [0.717, 1.165) is 49.7 Å². The summed E-state index contributed by atoms with van der Waals surface area (Å²) in [6.45, 7) is 4.87. The largest absolute Gasteiger partial charge is 0.496 e. The molecule has 29 heavy (non-hydrogen) atoms. The third-order valence-corrected chi connectivity index (χ3v) is 5.09. The Hall–Kier alpha value is -2.65. The van der Waals surface area contributed by atoms with Crippen molar-refractivity contribution >= 4 is 17.8 Å². The van der Waals surface area contributed by atoms with Crippen molar-refractivity contribution in [1.82, 2.24) is 20.4 Å². The van der Waals surface area contributed by atoms with E-state index in [9.17, 15) is 14.4 Å². The van der Waals surface area contributed by atoms with E-state index in [0.29, 0.717) is 12.3 Å². The van der Waals surface area contributed by atoms with Gasteiger partial charge >= 0.3 is 6.03 Å². The Labute approximate surface area is 170 Å². The van der Waals surface area contributed by atoms with Gasteiger partial charge in [0.2, 0.25) is 5.91 Å². The lowest BCUT2D eigenvalue weighted by Crippen LogP contribution is -2.39. The van der Waals surface area contributed by atoms with E-state index in [1.54, 1.807) is 12.1 Å². The molecule has 1 aromatic carbocycles. The summed E-state index contributed by atoms with van der Waals surface area (Å²) in [5.41, 5.74) is 0.728. The number of nitrogens with one attached hydrogen (secondary N) is 2. The number of carbonyl (C=O) groups is 3. The minimum Gasteiger partial charge on any atom is -0.496 e. The molecule has 2 saturated heterocycles. The number of hydrogen-bond acceptors (Lipinski definition) is 6. The molecule has 2 aliphatic rings. The quantitative estimate of drug-likeness (QED) is 0.455. The minimum absolute atomic E-state index is 0.0649. The van der Waals surface area contributed by atoms with Crippen molar-refractivity contribution in [1.29, 1.82) is 0 Å². The third kappa shape index (κ3) is 5.68. The lowest BCUT2D eigenvalue weighted by molar-refractivity contribution is -0.131. The molecule has 4 amide bonds. The molecule has 0 radical (unpaired) electrons. The van der Waals surface area contributed by atoms with Crippen LogP contribution in [0.3, 0.4) is 0 Å². The molecule has 2 aliphatic heterocycles. The third-order valence-electron chi connectivity index (χ3n) is 5.09. The molecule has 0 bridgehead atoms. The summed E-state index contributed by atoms with van der Waals surface area (Å²) in [5, 5.41) is 5.43. The number of carbonyl (C=O) groups excluding carboxylic acids is 3. The first kappa shape index (κ1) is 21.1. The molecule has 9 heteroatoms. The number of methoxy groups -OCH3 is 1. The van der Waals surface area contributed by atoms with Gasteiger partial charge < -0.3 is 20.1 Å². The van der Waals surface area contributed by atoms with Crippen LogP contribution in [0, 0.1) is 0 Å². The maximum absolute atomic E-state index is 12.6. The molecule has 9 nitrogen and oxygen atoms in total. The van der Waals surface area contributed by atoms with Gasteiger partial charge in [-0.1, -0.05) is 18.2 Å². The van der Waals surface area contributed by atoms with Crippen LogP contribution in [0.1, 0.15) is 18.4 Å². The normalized spacial score (nSPS) is 19.9. The Morgan fingerprint density at radius 1 is 1.28 bits per heavy atom. The van der Waals surface area contributed by atoms with E-state index in [1.807, 2.05) is 12.1 Å². The fourth-order valence-electron chi connectivity index (χ4n) is 3.48.